The fourth-order valence-electron chi connectivity index (χ4n) is 1.55. The van der Waals surface area contributed by atoms with E-state index in [0.29, 0.717) is 24.3 Å². The van der Waals surface area contributed by atoms with Crippen LogP contribution < -0.4 is 0 Å². The Hall–Kier alpha value is -1.79. The van der Waals surface area contributed by atoms with Crippen molar-refractivity contribution in [3.63, 3.8) is 0 Å². The Bertz CT molecular complexity index is 513. The molecule has 0 amide bonds. The molecule has 21 heavy (non-hydrogen) atoms. The van der Waals surface area contributed by atoms with Crippen LogP contribution in [0, 0.1) is 12.1 Å². The molecule has 2 N–H and O–H groups in total. The van der Waals surface area contributed by atoms with Crippen molar-refractivity contribution in [3.8, 4) is 11.5 Å². The van der Waals surface area contributed by atoms with E-state index in [4.69, 9.17) is 0 Å². The molecule has 0 saturated carbocycles. The van der Waals surface area contributed by atoms with Gasteiger partial charge in [0.2, 0.25) is 0 Å². The minimum absolute atomic E-state index is 0. The first kappa shape index (κ1) is 19.2. The summed E-state index contributed by atoms with van der Waals surface area (Å²) < 4.78 is 0. The van der Waals surface area contributed by atoms with Crippen LogP contribution in [0.5, 0.6) is 11.5 Å². The van der Waals surface area contributed by atoms with Gasteiger partial charge in [0.15, 0.2) is 0 Å². The molecule has 0 heterocycles. The van der Waals surface area contributed by atoms with Crippen molar-refractivity contribution in [1.29, 1.82) is 0 Å². The zero-order chi connectivity index (χ0) is 14.8. The van der Waals surface area contributed by atoms with Crippen molar-refractivity contribution in [1.82, 2.24) is 0 Å². The summed E-state index contributed by atoms with van der Waals surface area (Å²) in [5, 5.41) is 18.3. The smallest absolute Gasteiger partial charge is 0.533 e. The molecule has 2 aromatic carbocycles. The first-order valence-corrected chi connectivity index (χ1v) is 6.26. The van der Waals surface area contributed by atoms with Gasteiger partial charge in [-0.3, -0.25) is 0 Å². The van der Waals surface area contributed by atoms with Gasteiger partial charge in [0.05, 0.1) is 0 Å². The molecular formula is C18H18O2W. The van der Waals surface area contributed by atoms with Crippen molar-refractivity contribution < 1.29 is 31.3 Å². The van der Waals surface area contributed by atoms with Gasteiger partial charge < -0.3 is 10.2 Å². The minimum Gasteiger partial charge on any atom is -0.533 e. The van der Waals surface area contributed by atoms with Gasteiger partial charge in [-0.15, -0.1) is 36.4 Å². The van der Waals surface area contributed by atoms with Gasteiger partial charge in [-0.05, 0) is 0 Å². The normalized spacial score (nSPS) is 8.76. The second-order valence-electron chi connectivity index (χ2n) is 4.10. The van der Waals surface area contributed by atoms with Crippen molar-refractivity contribution in [2.75, 3.05) is 0 Å². The largest absolute Gasteiger partial charge is 2.00 e. The summed E-state index contributed by atoms with van der Waals surface area (Å²) in [5.74, 6) is 0.636. The fourth-order valence-corrected chi connectivity index (χ4v) is 1.55. The van der Waals surface area contributed by atoms with Crippen LogP contribution in [0.15, 0.2) is 61.7 Å². The second kappa shape index (κ2) is 10.9. The first-order chi connectivity index (χ1) is 9.69. The van der Waals surface area contributed by atoms with E-state index in [1.807, 2.05) is 0 Å². The maximum atomic E-state index is 9.17. The van der Waals surface area contributed by atoms with E-state index < -0.39 is 0 Å². The van der Waals surface area contributed by atoms with Gasteiger partial charge in [0.25, 0.3) is 0 Å². The van der Waals surface area contributed by atoms with Crippen LogP contribution in [0.2, 0.25) is 0 Å². The molecule has 0 saturated heterocycles. The van der Waals surface area contributed by atoms with Crippen molar-refractivity contribution in [2.24, 2.45) is 0 Å². The van der Waals surface area contributed by atoms with Crippen molar-refractivity contribution in [2.45, 2.75) is 12.8 Å². The molecule has 0 unspecified atom stereocenters. The molecule has 0 radical (unpaired) electrons. The van der Waals surface area contributed by atoms with Crippen LogP contribution in [0.4, 0.5) is 0 Å². The molecule has 0 aliphatic carbocycles. The maximum Gasteiger partial charge on any atom is 2.00 e. The number of hydrogen-bond donors (Lipinski definition) is 2. The zero-order valence-corrected chi connectivity index (χ0v) is 14.7. The number of benzene rings is 2. The van der Waals surface area contributed by atoms with Gasteiger partial charge in [0.1, 0.15) is 0 Å². The van der Waals surface area contributed by atoms with Gasteiger partial charge in [0, 0.05) is 11.5 Å². The average molecular weight is 450 g/mol. The standard InChI is InChI=1S/2C9H9O.W/c2*1-2-5-8-6-3-4-7-9(8)10;/h2*2,4,6-7,10H,1,5H2;/q2*-1;+2. The van der Waals surface area contributed by atoms with Crippen LogP contribution in [0.1, 0.15) is 11.1 Å². The van der Waals surface area contributed by atoms with Crippen LogP contribution >= 0.6 is 0 Å². The van der Waals surface area contributed by atoms with Crippen LogP contribution in [0.25, 0.3) is 0 Å². The molecule has 0 aliphatic heterocycles. The number of rotatable bonds is 4. The Kier molecular flexibility index (Phi) is 10.00. The number of allylic oxidation sites excluding steroid dienone is 2. The van der Waals surface area contributed by atoms with Gasteiger partial charge in [-0.2, -0.15) is 36.4 Å². The van der Waals surface area contributed by atoms with Crippen molar-refractivity contribution >= 4 is 0 Å². The minimum atomic E-state index is 0. The zero-order valence-electron chi connectivity index (χ0n) is 11.7. The molecule has 0 bridgehead atoms. The predicted octanol–water partition coefficient (Wildman–Crippen LogP) is 3.84. The van der Waals surface area contributed by atoms with E-state index >= 15 is 0 Å². The Balaban J connectivity index is 0.000000364. The predicted molar refractivity (Wildman–Crippen MR) is 81.7 cm³/mol. The van der Waals surface area contributed by atoms with E-state index in [0.717, 1.165) is 11.1 Å². The second-order valence-corrected chi connectivity index (χ2v) is 4.10. The molecular weight excluding hydrogens is 432 g/mol. The molecule has 2 rings (SSSR count). The number of hydrogen-bond acceptors (Lipinski definition) is 2. The SMILES string of the molecule is C=CCc1c[c-]ccc1O.C=CCc1c[c-]ccc1O.[W+2]. The average Bonchev–Trinajstić information content (AvgIpc) is 2.45. The van der Waals surface area contributed by atoms with E-state index in [9.17, 15) is 10.2 Å². The third kappa shape index (κ3) is 6.96. The van der Waals surface area contributed by atoms with Crippen LogP contribution in [-0.4, -0.2) is 10.2 Å². The summed E-state index contributed by atoms with van der Waals surface area (Å²) in [7, 11) is 0. The summed E-state index contributed by atoms with van der Waals surface area (Å²) in [6, 6.07) is 15.9. The van der Waals surface area contributed by atoms with Gasteiger partial charge in [-0.25, -0.2) is 0 Å². The Labute approximate surface area is 140 Å². The molecule has 3 heteroatoms. The molecule has 0 atom stereocenters. The maximum absolute atomic E-state index is 9.17. The quantitative estimate of drug-likeness (QED) is 0.549. The Morgan fingerprint density at radius 2 is 1.24 bits per heavy atom. The summed E-state index contributed by atoms with van der Waals surface area (Å²) in [6.07, 6.45) is 4.90. The Morgan fingerprint density at radius 1 is 0.857 bits per heavy atom. The molecule has 2 aromatic rings. The molecule has 2 nitrogen and oxygen atoms in total. The van der Waals surface area contributed by atoms with E-state index in [-0.39, 0.29) is 21.1 Å². The molecule has 0 aromatic heterocycles. The number of phenols is 2. The van der Waals surface area contributed by atoms with E-state index in [1.54, 1.807) is 48.6 Å². The molecule has 0 spiro atoms. The van der Waals surface area contributed by atoms with Crippen LogP contribution in [-0.2, 0) is 33.9 Å². The third-order valence-electron chi connectivity index (χ3n) is 2.58. The van der Waals surface area contributed by atoms with E-state index in [2.05, 4.69) is 25.3 Å². The summed E-state index contributed by atoms with van der Waals surface area (Å²) >= 11 is 0. The Morgan fingerprint density at radius 3 is 1.52 bits per heavy atom. The van der Waals surface area contributed by atoms with E-state index in [1.165, 1.54) is 0 Å². The molecule has 108 valence electrons. The first-order valence-electron chi connectivity index (χ1n) is 6.26. The summed E-state index contributed by atoms with van der Waals surface area (Å²) in [6.45, 7) is 7.14. The topological polar surface area (TPSA) is 40.5 Å². The molecule has 0 fully saturated rings. The summed E-state index contributed by atoms with van der Waals surface area (Å²) in [4.78, 5) is 0. The van der Waals surface area contributed by atoms with Gasteiger partial charge in [-0.1, -0.05) is 25.0 Å². The number of phenolic OH excluding ortho intramolecular Hbond substituents is 2. The summed E-state index contributed by atoms with van der Waals surface area (Å²) in [5.41, 5.74) is 1.75. The number of aromatic hydroxyl groups is 2. The fraction of sp³-hybridized carbons (Fsp3) is 0.111. The van der Waals surface area contributed by atoms with Crippen molar-refractivity contribution in [3.05, 3.63) is 85.0 Å². The van der Waals surface area contributed by atoms with Crippen LogP contribution in [0.3, 0.4) is 0 Å². The molecule has 0 aliphatic rings. The van der Waals surface area contributed by atoms with Gasteiger partial charge >= 0.3 is 21.1 Å². The third-order valence-corrected chi connectivity index (χ3v) is 2.58. The monoisotopic (exact) mass is 450 g/mol.